The van der Waals surface area contributed by atoms with Crippen LogP contribution in [0.5, 0.6) is 0 Å². The third-order valence-electron chi connectivity index (χ3n) is 2.03. The van der Waals surface area contributed by atoms with Crippen LogP contribution in [0.3, 0.4) is 0 Å². The minimum absolute atomic E-state index is 0.154. The van der Waals surface area contributed by atoms with Crippen LogP contribution < -0.4 is 5.73 Å². The van der Waals surface area contributed by atoms with Gasteiger partial charge in [0, 0.05) is 0 Å². The first-order chi connectivity index (χ1) is 7.63. The summed E-state index contributed by atoms with van der Waals surface area (Å²) in [5.74, 6) is -0.345. The number of fused-ring (bicyclic) bond motifs is 1. The number of hydrogen-bond donors (Lipinski definition) is 2. The Morgan fingerprint density at radius 1 is 1.62 bits per heavy atom. The first-order valence-electron chi connectivity index (χ1n) is 4.30. The number of carbonyl (C=O) groups is 2. The minimum atomic E-state index is -0.589. The van der Waals surface area contributed by atoms with Gasteiger partial charge in [-0.15, -0.1) is 0 Å². The molecule has 2 heterocycles. The maximum absolute atomic E-state index is 11.0. The van der Waals surface area contributed by atoms with Gasteiger partial charge in [0.2, 0.25) is 5.78 Å². The van der Waals surface area contributed by atoms with Gasteiger partial charge in [0.1, 0.15) is 11.8 Å². The van der Waals surface area contributed by atoms with Crippen LogP contribution in [-0.4, -0.2) is 31.6 Å². The average Bonchev–Trinajstić information content (AvgIpc) is 2.58. The lowest BCUT2D eigenvalue weighted by atomic mass is 10.4. The van der Waals surface area contributed by atoms with Gasteiger partial charge in [-0.3, -0.25) is 14.2 Å². The zero-order chi connectivity index (χ0) is 11.7. The van der Waals surface area contributed by atoms with Crippen LogP contribution in [0.4, 0.5) is 5.82 Å². The Morgan fingerprint density at radius 2 is 2.38 bits per heavy atom. The number of nitrogens with zero attached hydrogens (tertiary/aromatic N) is 3. The number of nitrogen functional groups attached to an aromatic ring is 1. The number of rotatable bonds is 3. The summed E-state index contributed by atoms with van der Waals surface area (Å²) < 4.78 is 1.68. The van der Waals surface area contributed by atoms with Crippen LogP contribution in [0.25, 0.3) is 11.2 Å². The second-order valence-corrected chi connectivity index (χ2v) is 3.44. The van der Waals surface area contributed by atoms with Gasteiger partial charge in [-0.25, -0.2) is 9.97 Å². The van der Waals surface area contributed by atoms with E-state index in [0.29, 0.717) is 11.2 Å². The van der Waals surface area contributed by atoms with Crippen molar-refractivity contribution in [2.45, 2.75) is 6.54 Å². The van der Waals surface area contributed by atoms with E-state index in [2.05, 4.69) is 15.0 Å². The third-order valence-corrected chi connectivity index (χ3v) is 2.36. The van der Waals surface area contributed by atoms with Crippen LogP contribution in [0.2, 0.25) is 0 Å². The van der Waals surface area contributed by atoms with Crippen LogP contribution in [0, 0.1) is 4.77 Å². The van der Waals surface area contributed by atoms with E-state index in [1.807, 2.05) is 0 Å². The Balaban J connectivity index is 2.65. The van der Waals surface area contributed by atoms with Crippen molar-refractivity contribution in [2.75, 3.05) is 5.73 Å². The molecule has 82 valence electrons. The Labute approximate surface area is 94.3 Å². The van der Waals surface area contributed by atoms with Crippen molar-refractivity contribution in [3.05, 3.63) is 11.1 Å². The zero-order valence-electron chi connectivity index (χ0n) is 8.01. The highest BCUT2D eigenvalue weighted by molar-refractivity contribution is 7.71. The van der Waals surface area contributed by atoms with Gasteiger partial charge in [0.25, 0.3) is 0 Å². The molecule has 0 aliphatic rings. The van der Waals surface area contributed by atoms with Crippen molar-refractivity contribution >= 4 is 41.3 Å². The largest absolute Gasteiger partial charge is 0.382 e. The van der Waals surface area contributed by atoms with Crippen LogP contribution in [0.1, 0.15) is 0 Å². The number of aldehydes is 1. The summed E-state index contributed by atoms with van der Waals surface area (Å²) in [5.41, 5.74) is 6.48. The van der Waals surface area contributed by atoms with Crippen molar-refractivity contribution < 1.29 is 9.59 Å². The van der Waals surface area contributed by atoms with Gasteiger partial charge >= 0.3 is 0 Å². The van der Waals surface area contributed by atoms with E-state index in [9.17, 15) is 9.59 Å². The fourth-order valence-electron chi connectivity index (χ4n) is 1.32. The lowest BCUT2D eigenvalue weighted by Gasteiger charge is -1.98. The van der Waals surface area contributed by atoms with Gasteiger partial charge in [0.05, 0.1) is 6.54 Å². The molecule has 2 aromatic heterocycles. The molecular formula is C8H7N5O2S. The topological polar surface area (TPSA) is 107 Å². The maximum atomic E-state index is 11.0. The molecule has 8 heteroatoms. The Hall–Kier alpha value is -2.09. The van der Waals surface area contributed by atoms with E-state index in [4.69, 9.17) is 18.0 Å². The van der Waals surface area contributed by atoms with Gasteiger partial charge in [-0.1, -0.05) is 0 Å². The molecule has 0 saturated heterocycles. The summed E-state index contributed by atoms with van der Waals surface area (Å²) in [5, 5.41) is 0. The van der Waals surface area contributed by atoms with Gasteiger partial charge in [-0.2, -0.15) is 0 Å². The SMILES string of the molecule is Nc1ncnc2c1[nH]c(=S)n2CC(=O)C=O. The Bertz CT molecular complexity index is 629. The van der Waals surface area contributed by atoms with Crippen molar-refractivity contribution in [3.8, 4) is 0 Å². The van der Waals surface area contributed by atoms with E-state index in [-0.39, 0.29) is 23.4 Å². The molecule has 2 aromatic rings. The molecular weight excluding hydrogens is 230 g/mol. The minimum Gasteiger partial charge on any atom is -0.382 e. The molecule has 3 N–H and O–H groups in total. The Morgan fingerprint density at radius 3 is 3.06 bits per heavy atom. The van der Waals surface area contributed by atoms with Crippen LogP contribution in [0.15, 0.2) is 6.33 Å². The van der Waals surface area contributed by atoms with E-state index >= 15 is 0 Å². The predicted octanol–water partition coefficient (Wildman–Crippen LogP) is -0.161. The molecule has 0 spiro atoms. The van der Waals surface area contributed by atoms with Gasteiger partial charge in [0.15, 0.2) is 22.5 Å². The molecule has 0 aliphatic carbocycles. The monoisotopic (exact) mass is 237 g/mol. The molecule has 0 radical (unpaired) electrons. The zero-order valence-corrected chi connectivity index (χ0v) is 8.82. The van der Waals surface area contributed by atoms with Crippen LogP contribution in [-0.2, 0) is 16.1 Å². The van der Waals surface area contributed by atoms with E-state index in [1.165, 1.54) is 10.9 Å². The molecule has 0 aliphatic heterocycles. The number of H-pyrrole nitrogens is 1. The fraction of sp³-hybridized carbons (Fsp3) is 0.125. The molecule has 0 unspecified atom stereocenters. The summed E-state index contributed by atoms with van der Waals surface area (Å²) >= 11 is 4.99. The maximum Gasteiger partial charge on any atom is 0.214 e. The van der Waals surface area contributed by atoms with Crippen LogP contribution >= 0.6 is 12.2 Å². The van der Waals surface area contributed by atoms with E-state index < -0.39 is 5.78 Å². The molecule has 0 atom stereocenters. The summed E-state index contributed by atoms with van der Waals surface area (Å²) in [6.07, 6.45) is 1.51. The molecule has 0 saturated carbocycles. The number of carbonyl (C=O) groups excluding carboxylic acids is 2. The quantitative estimate of drug-likeness (QED) is 0.436. The number of Topliss-reactive ketones (excluding diaryl/α,β-unsaturated/α-hetero) is 1. The third kappa shape index (κ3) is 1.58. The summed E-state index contributed by atoms with van der Waals surface area (Å²) in [7, 11) is 0. The highest BCUT2D eigenvalue weighted by Gasteiger charge is 2.11. The Kier molecular flexibility index (Phi) is 2.49. The van der Waals surface area contributed by atoms with Crippen molar-refractivity contribution in [1.29, 1.82) is 0 Å². The summed E-state index contributed by atoms with van der Waals surface area (Å²) in [4.78, 5) is 31.8. The molecule has 2 rings (SSSR count). The second-order valence-electron chi connectivity index (χ2n) is 3.06. The number of imidazole rings is 1. The summed E-state index contributed by atoms with van der Waals surface area (Å²) in [6, 6.07) is 0. The van der Waals surface area contributed by atoms with Crippen molar-refractivity contribution in [1.82, 2.24) is 19.5 Å². The smallest absolute Gasteiger partial charge is 0.214 e. The summed E-state index contributed by atoms with van der Waals surface area (Å²) in [6.45, 7) is -0.154. The molecule has 0 amide bonds. The number of aromatic nitrogens is 4. The van der Waals surface area contributed by atoms with Crippen molar-refractivity contribution in [2.24, 2.45) is 0 Å². The number of ketones is 1. The number of hydrogen-bond acceptors (Lipinski definition) is 6. The number of anilines is 1. The van der Waals surface area contributed by atoms with Crippen molar-refractivity contribution in [3.63, 3.8) is 0 Å². The number of aromatic amines is 1. The first-order valence-corrected chi connectivity index (χ1v) is 4.71. The number of nitrogens with one attached hydrogen (secondary N) is 1. The number of nitrogens with two attached hydrogens (primary N) is 1. The van der Waals surface area contributed by atoms with E-state index in [0.717, 1.165) is 0 Å². The normalized spacial score (nSPS) is 10.5. The highest BCUT2D eigenvalue weighted by Crippen LogP contribution is 2.15. The lowest BCUT2D eigenvalue weighted by molar-refractivity contribution is -0.130. The lowest BCUT2D eigenvalue weighted by Crippen LogP contribution is -2.11. The second kappa shape index (κ2) is 3.81. The molecule has 0 fully saturated rings. The van der Waals surface area contributed by atoms with E-state index in [1.54, 1.807) is 0 Å². The van der Waals surface area contributed by atoms with Gasteiger partial charge < -0.3 is 10.7 Å². The standard InChI is InChI=1S/C8H7N5O2S/c9-6-5-7(11-3-10-6)13(8(16)12-5)1-4(15)2-14/h2-3H,1H2,(H,12,16)(H2,9,10,11). The van der Waals surface area contributed by atoms with Gasteiger partial charge in [-0.05, 0) is 12.2 Å². The molecule has 0 aromatic carbocycles. The first kappa shape index (κ1) is 10.4. The fourth-order valence-corrected chi connectivity index (χ4v) is 1.58. The predicted molar refractivity (Wildman–Crippen MR) is 58.2 cm³/mol. The highest BCUT2D eigenvalue weighted by atomic mass is 32.1. The molecule has 7 nitrogen and oxygen atoms in total. The average molecular weight is 237 g/mol. The molecule has 16 heavy (non-hydrogen) atoms. The molecule has 0 bridgehead atoms.